The number of para-hydroxylation sites is 1. The van der Waals surface area contributed by atoms with Gasteiger partial charge in [0.15, 0.2) is 5.78 Å². The average molecular weight is 743 g/mol. The first-order valence-electron chi connectivity index (χ1n) is 17.9. The van der Waals surface area contributed by atoms with Gasteiger partial charge < -0.3 is 15.2 Å². The van der Waals surface area contributed by atoms with Crippen LogP contribution in [0.25, 0.3) is 10.9 Å². The first-order valence-corrected chi connectivity index (χ1v) is 18.7. The number of H-pyrrole nitrogens is 1. The minimum absolute atomic E-state index is 0.0325. The summed E-state index contributed by atoms with van der Waals surface area (Å²) in [5.41, 5.74) is 2.35. The molecule has 0 radical (unpaired) electrons. The van der Waals surface area contributed by atoms with Gasteiger partial charge in [0.25, 0.3) is 5.56 Å². The molecule has 2 atom stereocenters. The lowest BCUT2D eigenvalue weighted by Crippen LogP contribution is -2.54. The van der Waals surface area contributed by atoms with E-state index < -0.39 is 11.5 Å². The van der Waals surface area contributed by atoms with Crippen molar-refractivity contribution in [1.82, 2.24) is 9.97 Å². The van der Waals surface area contributed by atoms with Crippen molar-refractivity contribution < 1.29 is 19.4 Å². The second-order valence-electron chi connectivity index (χ2n) is 13.2. The predicted octanol–water partition coefficient (Wildman–Crippen LogP) is 10.3. The number of unbranched alkanes of at least 4 members (excludes halogenated alkanes) is 1. The molecule has 272 valence electrons. The first-order chi connectivity index (χ1) is 25.1. The number of fused-ring (bicyclic) bond motifs is 1. The highest BCUT2D eigenvalue weighted by Gasteiger charge is 2.45. The van der Waals surface area contributed by atoms with E-state index in [4.69, 9.17) is 32.9 Å². The Morgan fingerprint density at radius 3 is 2.40 bits per heavy atom. The standard InChI is InChI=1S/C42H45Cl2N3O5/c1-4-7-23-42(38(48)28-18-20-32(43)21-19-28,47-41-45-35-16-9-8-14-33(35)39(49)46-41)31(12-6-3)25-27-17-22-36(29(24-27)11-5-2)52-26-30-13-10-15-34(37(30)44)40(50)51/h8-10,13-22,24,31H,4-7,11-12,23,25-26H2,1-3H3,(H,50,51)(H2,45,46,47,49). The van der Waals surface area contributed by atoms with E-state index in [1.165, 1.54) is 6.07 Å². The van der Waals surface area contributed by atoms with E-state index in [0.29, 0.717) is 45.6 Å². The van der Waals surface area contributed by atoms with E-state index in [2.05, 4.69) is 37.1 Å². The molecule has 10 heteroatoms. The van der Waals surface area contributed by atoms with Crippen molar-refractivity contribution >= 4 is 51.8 Å². The van der Waals surface area contributed by atoms with Crippen LogP contribution in [-0.2, 0) is 19.4 Å². The lowest BCUT2D eigenvalue weighted by atomic mass is 9.70. The minimum atomic E-state index is -1.12. The van der Waals surface area contributed by atoms with Gasteiger partial charge in [0, 0.05) is 16.1 Å². The van der Waals surface area contributed by atoms with Crippen LogP contribution in [0, 0.1) is 5.92 Å². The van der Waals surface area contributed by atoms with Gasteiger partial charge in [-0.2, -0.15) is 0 Å². The van der Waals surface area contributed by atoms with Crippen molar-refractivity contribution in [2.24, 2.45) is 5.92 Å². The Morgan fingerprint density at radius 2 is 1.69 bits per heavy atom. The number of Topliss-reactive ketones (excluding diaryl/α,β-unsaturated/α-hetero) is 1. The van der Waals surface area contributed by atoms with Gasteiger partial charge in [-0.25, -0.2) is 9.78 Å². The maximum absolute atomic E-state index is 15.0. The molecule has 4 aromatic carbocycles. The van der Waals surface area contributed by atoms with E-state index in [9.17, 15) is 19.5 Å². The lowest BCUT2D eigenvalue weighted by molar-refractivity contribution is 0.0696. The molecule has 0 aliphatic rings. The number of halogens is 2. The largest absolute Gasteiger partial charge is 0.489 e. The quantitative estimate of drug-likeness (QED) is 0.0764. The number of hydrogen-bond donors (Lipinski definition) is 3. The summed E-state index contributed by atoms with van der Waals surface area (Å²) < 4.78 is 6.25. The van der Waals surface area contributed by atoms with Gasteiger partial charge in [-0.3, -0.25) is 14.6 Å². The number of aromatic amines is 1. The van der Waals surface area contributed by atoms with Gasteiger partial charge in [-0.15, -0.1) is 0 Å². The predicted molar refractivity (Wildman–Crippen MR) is 209 cm³/mol. The second-order valence-corrected chi connectivity index (χ2v) is 14.0. The molecule has 1 aromatic heterocycles. The zero-order valence-corrected chi connectivity index (χ0v) is 31.3. The topological polar surface area (TPSA) is 121 Å². The van der Waals surface area contributed by atoms with Gasteiger partial charge in [-0.05, 0) is 91.3 Å². The van der Waals surface area contributed by atoms with E-state index in [0.717, 1.165) is 49.7 Å². The molecule has 0 fully saturated rings. The number of ether oxygens (including phenoxy) is 1. The molecule has 0 saturated heterocycles. The lowest BCUT2D eigenvalue weighted by Gasteiger charge is -2.41. The van der Waals surface area contributed by atoms with Gasteiger partial charge in [0.05, 0.1) is 21.5 Å². The molecule has 5 rings (SSSR count). The summed E-state index contributed by atoms with van der Waals surface area (Å²) in [5, 5.41) is 14.2. The molecular weight excluding hydrogens is 697 g/mol. The zero-order valence-electron chi connectivity index (χ0n) is 29.8. The van der Waals surface area contributed by atoms with Crippen LogP contribution < -0.4 is 15.6 Å². The summed E-state index contributed by atoms with van der Waals surface area (Å²) in [4.78, 5) is 47.5. The highest BCUT2D eigenvalue weighted by atomic mass is 35.5. The smallest absolute Gasteiger partial charge is 0.337 e. The summed E-state index contributed by atoms with van der Waals surface area (Å²) in [6, 6.07) is 25.1. The molecule has 0 aliphatic carbocycles. The van der Waals surface area contributed by atoms with Crippen LogP contribution in [0.4, 0.5) is 5.95 Å². The number of aromatic nitrogens is 2. The summed E-state index contributed by atoms with van der Waals surface area (Å²) in [6.45, 7) is 6.43. The molecule has 0 bridgehead atoms. The maximum atomic E-state index is 15.0. The van der Waals surface area contributed by atoms with Gasteiger partial charge in [-0.1, -0.05) is 106 Å². The van der Waals surface area contributed by atoms with Crippen LogP contribution in [0.5, 0.6) is 5.75 Å². The molecule has 1 heterocycles. The normalized spacial score (nSPS) is 13.0. The number of carbonyl (C=O) groups is 2. The number of carboxylic acid groups (broad SMARTS) is 1. The average Bonchev–Trinajstić information content (AvgIpc) is 3.13. The number of carboxylic acids is 1. The summed E-state index contributed by atoms with van der Waals surface area (Å²) in [6.07, 6.45) is 5.92. The Labute approximate surface area is 314 Å². The number of ketones is 1. The van der Waals surface area contributed by atoms with Crippen molar-refractivity contribution in [1.29, 1.82) is 0 Å². The third-order valence-electron chi connectivity index (χ3n) is 9.54. The first kappa shape index (κ1) is 38.6. The molecule has 0 spiro atoms. The summed E-state index contributed by atoms with van der Waals surface area (Å²) in [5.74, 6) is -0.417. The molecule has 2 unspecified atom stereocenters. The third-order valence-corrected chi connectivity index (χ3v) is 10.2. The van der Waals surface area contributed by atoms with Crippen LogP contribution in [0.1, 0.15) is 96.7 Å². The van der Waals surface area contributed by atoms with Crippen LogP contribution in [-0.4, -0.2) is 32.4 Å². The molecule has 52 heavy (non-hydrogen) atoms. The number of anilines is 1. The Bertz CT molecular complexity index is 2080. The Kier molecular flexibility index (Phi) is 13.1. The fraction of sp³-hybridized carbons (Fsp3) is 0.333. The van der Waals surface area contributed by atoms with Crippen LogP contribution in [0.15, 0.2) is 89.7 Å². The van der Waals surface area contributed by atoms with Crippen molar-refractivity contribution in [3.05, 3.63) is 133 Å². The molecule has 0 amide bonds. The SMILES string of the molecule is CCCCC(Nc1nc2ccccc2c(=O)[nH]1)(C(=O)c1ccc(Cl)cc1)C(CCC)Cc1ccc(OCc2cccc(C(=O)O)c2Cl)c(CCC)c1. The minimum Gasteiger partial charge on any atom is -0.489 e. The van der Waals surface area contributed by atoms with Crippen LogP contribution in [0.3, 0.4) is 0 Å². The van der Waals surface area contributed by atoms with E-state index in [1.807, 2.05) is 18.2 Å². The Hall–Kier alpha value is -4.66. The molecule has 8 nitrogen and oxygen atoms in total. The van der Waals surface area contributed by atoms with E-state index in [-0.39, 0.29) is 40.4 Å². The molecule has 0 saturated carbocycles. The summed E-state index contributed by atoms with van der Waals surface area (Å²) >= 11 is 12.7. The van der Waals surface area contributed by atoms with Crippen molar-refractivity contribution in [3.8, 4) is 5.75 Å². The number of aromatic carboxylic acids is 1. The Balaban J connectivity index is 1.56. The Morgan fingerprint density at radius 1 is 0.923 bits per heavy atom. The van der Waals surface area contributed by atoms with Crippen LogP contribution in [0.2, 0.25) is 10.0 Å². The highest BCUT2D eigenvalue weighted by molar-refractivity contribution is 6.34. The summed E-state index contributed by atoms with van der Waals surface area (Å²) in [7, 11) is 0. The second kappa shape index (κ2) is 17.7. The van der Waals surface area contributed by atoms with Gasteiger partial charge in [0.1, 0.15) is 17.9 Å². The fourth-order valence-electron chi connectivity index (χ4n) is 6.93. The zero-order chi connectivity index (χ0) is 37.3. The van der Waals surface area contributed by atoms with Crippen LogP contribution >= 0.6 is 23.2 Å². The molecule has 0 aliphatic heterocycles. The van der Waals surface area contributed by atoms with E-state index in [1.54, 1.807) is 54.6 Å². The van der Waals surface area contributed by atoms with Gasteiger partial charge >= 0.3 is 5.97 Å². The van der Waals surface area contributed by atoms with Gasteiger partial charge in [0.2, 0.25) is 5.95 Å². The number of benzene rings is 4. The maximum Gasteiger partial charge on any atom is 0.337 e. The fourth-order valence-corrected chi connectivity index (χ4v) is 7.32. The molecule has 5 aromatic rings. The number of rotatable bonds is 18. The third kappa shape index (κ3) is 8.85. The molecular formula is C42H45Cl2N3O5. The van der Waals surface area contributed by atoms with Crippen molar-refractivity contribution in [2.75, 3.05) is 5.32 Å². The number of aryl methyl sites for hydroxylation is 1. The number of carbonyl (C=O) groups excluding carboxylic acids is 1. The highest BCUT2D eigenvalue weighted by Crippen LogP contribution is 2.38. The van der Waals surface area contributed by atoms with E-state index >= 15 is 0 Å². The monoisotopic (exact) mass is 741 g/mol. The number of nitrogens with one attached hydrogen (secondary N) is 2. The molecule has 3 N–H and O–H groups in total. The van der Waals surface area contributed by atoms with Crippen molar-refractivity contribution in [3.63, 3.8) is 0 Å². The number of hydrogen-bond acceptors (Lipinski definition) is 6. The van der Waals surface area contributed by atoms with Crippen molar-refractivity contribution in [2.45, 2.75) is 84.3 Å². The number of nitrogens with zero attached hydrogens (tertiary/aromatic N) is 1.